The van der Waals surface area contributed by atoms with Crippen LogP contribution in [0.3, 0.4) is 0 Å². The molecule has 102 valence electrons. The predicted molar refractivity (Wildman–Crippen MR) is 76.6 cm³/mol. The highest BCUT2D eigenvalue weighted by Gasteiger charge is 2.31. The van der Waals surface area contributed by atoms with Crippen molar-refractivity contribution in [1.29, 1.82) is 0 Å². The van der Waals surface area contributed by atoms with Gasteiger partial charge in [0.25, 0.3) is 0 Å². The summed E-state index contributed by atoms with van der Waals surface area (Å²) in [6.45, 7) is 8.06. The van der Waals surface area contributed by atoms with Gasteiger partial charge in [0.15, 0.2) is 0 Å². The van der Waals surface area contributed by atoms with E-state index in [1.54, 1.807) is 0 Å². The molecule has 3 atom stereocenters. The van der Waals surface area contributed by atoms with E-state index in [0.717, 1.165) is 30.0 Å². The van der Waals surface area contributed by atoms with Crippen LogP contribution in [0.2, 0.25) is 0 Å². The number of hydrogen-bond donors (Lipinski definition) is 1. The van der Waals surface area contributed by atoms with Crippen LogP contribution >= 0.6 is 11.7 Å². The van der Waals surface area contributed by atoms with Crippen molar-refractivity contribution in [3.05, 3.63) is 11.9 Å². The maximum Gasteiger partial charge on any atom is 0.0915 e. The van der Waals surface area contributed by atoms with Gasteiger partial charge in [0.2, 0.25) is 0 Å². The van der Waals surface area contributed by atoms with Crippen LogP contribution in [-0.4, -0.2) is 15.3 Å². The molecule has 0 aliphatic heterocycles. The second kappa shape index (κ2) is 6.62. The van der Waals surface area contributed by atoms with Crippen molar-refractivity contribution in [1.82, 2.24) is 14.1 Å². The lowest BCUT2D eigenvalue weighted by molar-refractivity contribution is 0.175. The summed E-state index contributed by atoms with van der Waals surface area (Å²) in [5.41, 5.74) is 1.15. The topological polar surface area (TPSA) is 37.8 Å². The van der Waals surface area contributed by atoms with Crippen LogP contribution in [0.4, 0.5) is 0 Å². The van der Waals surface area contributed by atoms with Gasteiger partial charge >= 0.3 is 0 Å². The maximum absolute atomic E-state index is 4.46. The summed E-state index contributed by atoms with van der Waals surface area (Å²) in [5.74, 6) is 2.41. The van der Waals surface area contributed by atoms with E-state index in [2.05, 4.69) is 34.8 Å². The summed E-state index contributed by atoms with van der Waals surface area (Å²) in [6, 6.07) is 0.411. The minimum Gasteiger partial charge on any atom is -0.308 e. The first-order chi connectivity index (χ1) is 8.70. The molecule has 0 saturated heterocycles. The van der Waals surface area contributed by atoms with Gasteiger partial charge in [-0.25, -0.2) is 0 Å². The average Bonchev–Trinajstić information content (AvgIpc) is 2.82. The Kier molecular flexibility index (Phi) is 5.13. The van der Waals surface area contributed by atoms with Crippen LogP contribution in [0.5, 0.6) is 0 Å². The van der Waals surface area contributed by atoms with E-state index in [-0.39, 0.29) is 0 Å². The van der Waals surface area contributed by atoms with Crippen molar-refractivity contribution in [2.75, 3.05) is 6.54 Å². The van der Waals surface area contributed by atoms with Crippen molar-refractivity contribution >= 4 is 11.7 Å². The van der Waals surface area contributed by atoms with Crippen molar-refractivity contribution in [3.63, 3.8) is 0 Å². The average molecular weight is 267 g/mol. The zero-order chi connectivity index (χ0) is 13.0. The fraction of sp³-hybridized carbons (Fsp3) is 0.857. The number of hydrogen-bond acceptors (Lipinski definition) is 4. The Bertz CT molecular complexity index is 329. The molecule has 4 heteroatoms. The molecule has 0 aromatic carbocycles. The number of nitrogens with one attached hydrogen (secondary N) is 1. The van der Waals surface area contributed by atoms with Crippen LogP contribution < -0.4 is 5.32 Å². The Morgan fingerprint density at radius 2 is 2.06 bits per heavy atom. The molecule has 1 aromatic heterocycles. The quantitative estimate of drug-likeness (QED) is 0.885. The van der Waals surface area contributed by atoms with Gasteiger partial charge in [-0.3, -0.25) is 0 Å². The summed E-state index contributed by atoms with van der Waals surface area (Å²) >= 11 is 1.33. The van der Waals surface area contributed by atoms with Crippen molar-refractivity contribution in [2.24, 2.45) is 17.8 Å². The predicted octanol–water partition coefficient (Wildman–Crippen LogP) is 3.65. The minimum atomic E-state index is 0.411. The zero-order valence-electron chi connectivity index (χ0n) is 11.7. The molecule has 1 saturated carbocycles. The van der Waals surface area contributed by atoms with Crippen LogP contribution in [0.1, 0.15) is 58.2 Å². The maximum atomic E-state index is 4.46. The Labute approximate surface area is 115 Å². The van der Waals surface area contributed by atoms with Crippen LogP contribution in [0.25, 0.3) is 0 Å². The fourth-order valence-electron chi connectivity index (χ4n) is 3.40. The van der Waals surface area contributed by atoms with E-state index in [9.17, 15) is 0 Å². The highest BCUT2D eigenvalue weighted by atomic mass is 32.1. The van der Waals surface area contributed by atoms with E-state index in [1.807, 2.05) is 6.20 Å². The summed E-state index contributed by atoms with van der Waals surface area (Å²) in [4.78, 5) is 0. The lowest BCUT2D eigenvalue weighted by Crippen LogP contribution is -2.34. The van der Waals surface area contributed by atoms with Gasteiger partial charge in [0.05, 0.1) is 29.7 Å². The third-order valence-electron chi connectivity index (χ3n) is 4.00. The van der Waals surface area contributed by atoms with E-state index < -0.39 is 0 Å². The number of nitrogens with zero attached hydrogens (tertiary/aromatic N) is 2. The standard InChI is InChI=1S/C14H25N3S/c1-4-5-15-14(13-9-16-18-17-13)12-7-10(2)6-11(3)8-12/h9-12,14-15H,4-8H2,1-3H3. The molecular weight excluding hydrogens is 242 g/mol. The van der Waals surface area contributed by atoms with E-state index >= 15 is 0 Å². The number of rotatable bonds is 5. The highest BCUT2D eigenvalue weighted by Crippen LogP contribution is 2.39. The second-order valence-electron chi connectivity index (χ2n) is 5.94. The van der Waals surface area contributed by atoms with E-state index in [4.69, 9.17) is 0 Å². The molecule has 3 nitrogen and oxygen atoms in total. The fourth-order valence-corrected chi connectivity index (χ4v) is 3.86. The summed E-state index contributed by atoms with van der Waals surface area (Å²) in [7, 11) is 0. The first kappa shape index (κ1) is 13.9. The highest BCUT2D eigenvalue weighted by molar-refractivity contribution is 6.99. The molecule has 1 heterocycles. The van der Waals surface area contributed by atoms with Gasteiger partial charge in [0.1, 0.15) is 0 Å². The molecule has 0 spiro atoms. The first-order valence-corrected chi connectivity index (χ1v) is 7.94. The Balaban J connectivity index is 2.07. The van der Waals surface area contributed by atoms with Crippen LogP contribution in [-0.2, 0) is 0 Å². The third kappa shape index (κ3) is 3.51. The van der Waals surface area contributed by atoms with E-state index in [0.29, 0.717) is 6.04 Å². The van der Waals surface area contributed by atoms with Gasteiger partial charge in [-0.05, 0) is 50.0 Å². The van der Waals surface area contributed by atoms with E-state index in [1.165, 1.54) is 37.4 Å². The van der Waals surface area contributed by atoms with Gasteiger partial charge in [-0.2, -0.15) is 8.75 Å². The monoisotopic (exact) mass is 267 g/mol. The molecule has 1 N–H and O–H groups in total. The SMILES string of the molecule is CCCNC(c1cnsn1)C1CC(C)CC(C)C1. The lowest BCUT2D eigenvalue weighted by atomic mass is 9.73. The Morgan fingerprint density at radius 3 is 2.61 bits per heavy atom. The molecule has 18 heavy (non-hydrogen) atoms. The Hall–Kier alpha value is -0.480. The van der Waals surface area contributed by atoms with Crippen molar-refractivity contribution in [2.45, 2.75) is 52.5 Å². The zero-order valence-corrected chi connectivity index (χ0v) is 12.5. The normalized spacial score (nSPS) is 30.3. The molecule has 0 radical (unpaired) electrons. The smallest absolute Gasteiger partial charge is 0.0915 e. The molecule has 3 unspecified atom stereocenters. The molecule has 1 aliphatic rings. The lowest BCUT2D eigenvalue weighted by Gasteiger charge is -2.36. The molecule has 1 aromatic rings. The number of aromatic nitrogens is 2. The third-order valence-corrected chi connectivity index (χ3v) is 4.49. The van der Waals surface area contributed by atoms with Gasteiger partial charge < -0.3 is 5.32 Å². The summed E-state index contributed by atoms with van der Waals surface area (Å²) < 4.78 is 8.64. The summed E-state index contributed by atoms with van der Waals surface area (Å²) in [5, 5.41) is 3.69. The molecule has 0 amide bonds. The molecule has 2 rings (SSSR count). The minimum absolute atomic E-state index is 0.411. The first-order valence-electron chi connectivity index (χ1n) is 7.21. The molecular formula is C14H25N3S. The van der Waals surface area contributed by atoms with Gasteiger partial charge in [-0.15, -0.1) is 0 Å². The van der Waals surface area contributed by atoms with Gasteiger partial charge in [-0.1, -0.05) is 20.8 Å². The van der Waals surface area contributed by atoms with Crippen molar-refractivity contribution < 1.29 is 0 Å². The van der Waals surface area contributed by atoms with Crippen LogP contribution in [0.15, 0.2) is 6.20 Å². The molecule has 1 aliphatic carbocycles. The Morgan fingerprint density at radius 1 is 1.33 bits per heavy atom. The second-order valence-corrected chi connectivity index (χ2v) is 6.50. The van der Waals surface area contributed by atoms with Crippen molar-refractivity contribution in [3.8, 4) is 0 Å². The largest absolute Gasteiger partial charge is 0.308 e. The summed E-state index contributed by atoms with van der Waals surface area (Å²) in [6.07, 6.45) is 7.15. The molecule has 0 bridgehead atoms. The molecule has 1 fully saturated rings. The van der Waals surface area contributed by atoms with Crippen LogP contribution in [0, 0.1) is 17.8 Å². The van der Waals surface area contributed by atoms with Gasteiger partial charge in [0, 0.05) is 0 Å².